The van der Waals surface area contributed by atoms with Crippen molar-refractivity contribution in [3.05, 3.63) is 65.2 Å². The monoisotopic (exact) mass is 563 g/mol. The minimum absolute atomic E-state index is 0.102. The first kappa shape index (κ1) is 30.9. The minimum Gasteiger partial charge on any atom is -0.483 e. The van der Waals surface area contributed by atoms with Gasteiger partial charge in [0.2, 0.25) is 5.91 Å². The zero-order chi connectivity index (χ0) is 29.1. The summed E-state index contributed by atoms with van der Waals surface area (Å²) in [4.78, 5) is 37.8. The lowest BCUT2D eigenvalue weighted by Crippen LogP contribution is -2.51. The van der Waals surface area contributed by atoms with Gasteiger partial charge >= 0.3 is 6.36 Å². The van der Waals surface area contributed by atoms with Crippen molar-refractivity contribution < 1.29 is 37.4 Å². The first-order chi connectivity index (χ1) is 19.1. The maximum Gasteiger partial charge on any atom is 0.573 e. The maximum atomic E-state index is 12.8. The van der Waals surface area contributed by atoms with Crippen molar-refractivity contribution in [2.24, 2.45) is 0 Å². The number of carboxylic acid groups (broad SMARTS) is 1. The fourth-order valence-electron chi connectivity index (χ4n) is 5.25. The lowest BCUT2D eigenvalue weighted by atomic mass is 9.97. The molecule has 11 heteroatoms. The number of nitrogens with one attached hydrogen (secondary N) is 1. The number of ether oxygens (including phenoxy) is 1. The Balaban J connectivity index is 0.00000141. The number of piperidine rings is 2. The average molecular weight is 564 g/mol. The molecule has 2 saturated heterocycles. The summed E-state index contributed by atoms with van der Waals surface area (Å²) >= 11 is 0. The number of hydrogen-bond donors (Lipinski definition) is 2. The van der Waals surface area contributed by atoms with E-state index in [0.717, 1.165) is 45.2 Å². The SMILES string of the molecule is Cc1cccc(CCC(=O)NC2CCN(C3CCN(C(=O)c4ccc(OC(F)(F)F)cc4)CC3)CC2)c1.O=CO. The number of rotatable bonds is 7. The molecule has 2 aromatic rings. The first-order valence-electron chi connectivity index (χ1n) is 13.4. The van der Waals surface area contributed by atoms with Crippen LogP contribution >= 0.6 is 0 Å². The highest BCUT2D eigenvalue weighted by Crippen LogP contribution is 2.25. The van der Waals surface area contributed by atoms with E-state index in [1.165, 1.54) is 35.4 Å². The van der Waals surface area contributed by atoms with E-state index in [-0.39, 0.29) is 30.1 Å². The van der Waals surface area contributed by atoms with Gasteiger partial charge in [0.15, 0.2) is 0 Å². The van der Waals surface area contributed by atoms with Crippen LogP contribution in [-0.4, -0.2) is 77.8 Å². The number of hydrogen-bond acceptors (Lipinski definition) is 5. The molecule has 2 aliphatic rings. The Morgan fingerprint density at radius 1 is 1.02 bits per heavy atom. The molecule has 0 unspecified atom stereocenters. The van der Waals surface area contributed by atoms with Crippen LogP contribution in [0.4, 0.5) is 13.2 Å². The minimum atomic E-state index is -4.75. The van der Waals surface area contributed by atoms with E-state index in [9.17, 15) is 22.8 Å². The summed E-state index contributed by atoms with van der Waals surface area (Å²) in [6.07, 6.45) is 0.0326. The molecule has 0 aliphatic carbocycles. The van der Waals surface area contributed by atoms with E-state index >= 15 is 0 Å². The fourth-order valence-corrected chi connectivity index (χ4v) is 5.25. The molecule has 0 aromatic heterocycles. The van der Waals surface area contributed by atoms with Crippen LogP contribution in [0.3, 0.4) is 0 Å². The van der Waals surface area contributed by atoms with Crippen LogP contribution in [0.2, 0.25) is 0 Å². The van der Waals surface area contributed by atoms with Gasteiger partial charge in [0, 0.05) is 50.2 Å². The van der Waals surface area contributed by atoms with Crippen LogP contribution in [0.25, 0.3) is 0 Å². The lowest BCUT2D eigenvalue weighted by Gasteiger charge is -2.42. The van der Waals surface area contributed by atoms with Crippen LogP contribution in [0.15, 0.2) is 48.5 Å². The summed E-state index contributed by atoms with van der Waals surface area (Å²) in [7, 11) is 0. The largest absolute Gasteiger partial charge is 0.573 e. The molecule has 218 valence electrons. The summed E-state index contributed by atoms with van der Waals surface area (Å²) in [5.74, 6) is -0.414. The second-order valence-electron chi connectivity index (χ2n) is 10.1. The van der Waals surface area contributed by atoms with Crippen molar-refractivity contribution in [1.29, 1.82) is 0 Å². The number of alkyl halides is 3. The molecule has 2 fully saturated rings. The average Bonchev–Trinajstić information content (AvgIpc) is 2.92. The Morgan fingerprint density at radius 2 is 1.65 bits per heavy atom. The van der Waals surface area contributed by atoms with Crippen molar-refractivity contribution >= 4 is 18.3 Å². The molecule has 2 N–H and O–H groups in total. The highest BCUT2D eigenvalue weighted by atomic mass is 19.4. The Kier molecular flexibility index (Phi) is 11.4. The zero-order valence-electron chi connectivity index (χ0n) is 22.5. The molecule has 0 atom stereocenters. The lowest BCUT2D eigenvalue weighted by molar-refractivity contribution is -0.274. The number of carbonyl (C=O) groups excluding carboxylic acids is 2. The third-order valence-electron chi connectivity index (χ3n) is 7.22. The predicted octanol–water partition coefficient (Wildman–Crippen LogP) is 4.41. The van der Waals surface area contributed by atoms with Gasteiger partial charge in [-0.1, -0.05) is 29.8 Å². The van der Waals surface area contributed by atoms with Gasteiger partial charge in [-0.15, -0.1) is 13.2 Å². The molecule has 0 bridgehead atoms. The number of nitrogens with zero attached hydrogens (tertiary/aromatic N) is 2. The second kappa shape index (κ2) is 14.7. The van der Waals surface area contributed by atoms with Gasteiger partial charge in [0.25, 0.3) is 12.4 Å². The molecule has 4 rings (SSSR count). The van der Waals surface area contributed by atoms with Crippen molar-refractivity contribution in [2.45, 2.75) is 63.9 Å². The second-order valence-corrected chi connectivity index (χ2v) is 10.1. The van der Waals surface area contributed by atoms with Crippen LogP contribution in [0.5, 0.6) is 5.75 Å². The number of halogens is 3. The fraction of sp³-hybridized carbons (Fsp3) is 0.483. The summed E-state index contributed by atoms with van der Waals surface area (Å²) in [5, 5.41) is 10.1. The normalized spacial score (nSPS) is 16.9. The van der Waals surface area contributed by atoms with Gasteiger partial charge in [-0.05, 0) is 68.9 Å². The molecule has 0 spiro atoms. The van der Waals surface area contributed by atoms with Crippen molar-refractivity contribution in [2.75, 3.05) is 26.2 Å². The van der Waals surface area contributed by atoms with Crippen LogP contribution in [0, 0.1) is 6.92 Å². The Morgan fingerprint density at radius 3 is 2.23 bits per heavy atom. The van der Waals surface area contributed by atoms with Gasteiger partial charge in [0.1, 0.15) is 5.75 Å². The van der Waals surface area contributed by atoms with Gasteiger partial charge in [-0.25, -0.2) is 0 Å². The Bertz CT molecular complexity index is 1110. The predicted molar refractivity (Wildman–Crippen MR) is 143 cm³/mol. The molecule has 2 aromatic carbocycles. The molecule has 0 saturated carbocycles. The third-order valence-corrected chi connectivity index (χ3v) is 7.22. The Labute approximate surface area is 232 Å². The van der Waals surface area contributed by atoms with Crippen molar-refractivity contribution in [3.63, 3.8) is 0 Å². The number of aryl methyl sites for hydroxylation is 2. The van der Waals surface area contributed by atoms with E-state index in [0.29, 0.717) is 31.1 Å². The quantitative estimate of drug-likeness (QED) is 0.485. The molecular formula is C29H36F3N3O5. The molecule has 8 nitrogen and oxygen atoms in total. The van der Waals surface area contributed by atoms with Gasteiger partial charge in [0.05, 0.1) is 0 Å². The number of likely N-dealkylation sites (tertiary alicyclic amines) is 2. The first-order valence-corrected chi connectivity index (χ1v) is 13.4. The molecule has 40 heavy (non-hydrogen) atoms. The van der Waals surface area contributed by atoms with Crippen LogP contribution in [0.1, 0.15) is 53.6 Å². The summed E-state index contributed by atoms with van der Waals surface area (Å²) in [6, 6.07) is 13.9. The molecule has 0 radical (unpaired) electrons. The summed E-state index contributed by atoms with van der Waals surface area (Å²) in [5.41, 5.74) is 2.74. The van der Waals surface area contributed by atoms with E-state index in [1.54, 1.807) is 4.90 Å². The molecular weight excluding hydrogens is 527 g/mol. The van der Waals surface area contributed by atoms with Gasteiger partial charge in [-0.3, -0.25) is 14.4 Å². The summed E-state index contributed by atoms with van der Waals surface area (Å²) < 4.78 is 40.9. The standard InChI is InChI=1S/C28H34F3N3O3.CH2O2/c1-20-3-2-4-21(19-20)5-10-26(35)32-23-11-15-33(16-12-23)24-13-17-34(18-14-24)27(36)22-6-8-25(9-7-22)37-28(29,30)31;2-1-3/h2-4,6-9,19,23-24H,5,10-18H2,1H3,(H,32,35);1H,(H,2,3). The number of carbonyl (C=O) groups is 3. The van der Waals surface area contributed by atoms with Gasteiger partial charge in [-0.2, -0.15) is 0 Å². The number of benzene rings is 2. The van der Waals surface area contributed by atoms with E-state index in [1.807, 2.05) is 6.07 Å². The van der Waals surface area contributed by atoms with Gasteiger partial charge < -0.3 is 25.0 Å². The maximum absolute atomic E-state index is 12.8. The smallest absolute Gasteiger partial charge is 0.483 e. The zero-order valence-corrected chi connectivity index (χ0v) is 22.5. The van der Waals surface area contributed by atoms with Crippen molar-refractivity contribution in [1.82, 2.24) is 15.1 Å². The Hall–Kier alpha value is -3.60. The third kappa shape index (κ3) is 9.86. The topological polar surface area (TPSA) is 99.2 Å². The highest BCUT2D eigenvalue weighted by molar-refractivity contribution is 5.94. The number of amides is 2. The molecule has 2 heterocycles. The van der Waals surface area contributed by atoms with E-state index < -0.39 is 6.36 Å². The van der Waals surface area contributed by atoms with E-state index in [4.69, 9.17) is 9.90 Å². The molecule has 2 amide bonds. The van der Waals surface area contributed by atoms with Crippen LogP contribution in [-0.2, 0) is 16.0 Å². The van der Waals surface area contributed by atoms with Crippen LogP contribution < -0.4 is 10.1 Å². The van der Waals surface area contributed by atoms with E-state index in [2.05, 4.69) is 40.1 Å². The highest BCUT2D eigenvalue weighted by Gasteiger charge is 2.32. The molecule has 2 aliphatic heterocycles. The summed E-state index contributed by atoms with van der Waals surface area (Å²) in [6.45, 7) is 4.86. The van der Waals surface area contributed by atoms with Crippen molar-refractivity contribution in [3.8, 4) is 5.75 Å².